The van der Waals surface area contributed by atoms with Gasteiger partial charge in [-0.1, -0.05) is 50.2 Å². The van der Waals surface area contributed by atoms with Gasteiger partial charge in [0, 0.05) is 104 Å². The van der Waals surface area contributed by atoms with Crippen molar-refractivity contribution in [3.63, 3.8) is 0 Å². The minimum Gasteiger partial charge on any atom is -0.508 e. The molecule has 2 aliphatic rings. The van der Waals surface area contributed by atoms with E-state index in [0.717, 1.165) is 22.6 Å². The van der Waals surface area contributed by atoms with Gasteiger partial charge in [-0.25, -0.2) is 24.2 Å². The number of ketones is 1. The molecule has 28 nitrogen and oxygen atoms in total. The van der Waals surface area contributed by atoms with Gasteiger partial charge in [-0.15, -0.1) is 11.6 Å². The number of carbonyl (C=O) groups is 10. The Morgan fingerprint density at radius 1 is 0.830 bits per heavy atom. The Labute approximate surface area is 544 Å². The number of aromatic nitrogens is 2. The van der Waals surface area contributed by atoms with E-state index in [1.807, 2.05) is 12.1 Å². The average Bonchev–Trinajstić information content (AvgIpc) is 1.56. The number of H-pyrrole nitrogens is 1. The molecule has 29 heteroatoms. The number of likely N-dealkylation sites (N-methyl/N-ethyl adjacent to an activating group) is 1. The molecule has 9 N–H and O–H groups in total. The maximum atomic E-state index is 14.5. The highest BCUT2D eigenvalue weighted by atomic mass is 35.5. The molecule has 4 heterocycles. The van der Waals surface area contributed by atoms with Crippen LogP contribution in [0, 0.1) is 11.8 Å². The molecular weight excluding hydrogens is 1240 g/mol. The lowest BCUT2D eigenvalue weighted by atomic mass is 9.89. The number of fused-ring (bicyclic) bond motifs is 4. The first-order chi connectivity index (χ1) is 45.2. The minimum absolute atomic E-state index is 0.00406. The van der Waals surface area contributed by atoms with Crippen LogP contribution in [0.25, 0.3) is 21.7 Å². The fourth-order valence-electron chi connectivity index (χ4n) is 10.5. The van der Waals surface area contributed by atoms with Crippen LogP contribution in [0.15, 0.2) is 109 Å². The number of hydrogen-bond donors (Lipinski definition) is 8. The van der Waals surface area contributed by atoms with Crippen molar-refractivity contribution >= 4 is 110 Å². The molecule has 0 fully saturated rings. The molecule has 4 aromatic carbocycles. The highest BCUT2D eigenvalue weighted by Gasteiger charge is 2.37. The largest absolute Gasteiger partial charge is 0.508 e. The summed E-state index contributed by atoms with van der Waals surface area (Å²) in [6.07, 6.45) is 1.53. The maximum Gasteiger partial charge on any atom is 0.415 e. The zero-order valence-electron chi connectivity index (χ0n) is 51.9. The van der Waals surface area contributed by atoms with E-state index in [1.54, 1.807) is 73.3 Å². The van der Waals surface area contributed by atoms with Crippen LogP contribution in [-0.2, 0) is 44.7 Å². The van der Waals surface area contributed by atoms with Crippen LogP contribution in [0.2, 0.25) is 0 Å². The summed E-state index contributed by atoms with van der Waals surface area (Å²) in [5, 5.41) is 31.5. The Balaban J connectivity index is 0.858. The van der Waals surface area contributed by atoms with Gasteiger partial charge in [0.05, 0.1) is 63.0 Å². The van der Waals surface area contributed by atoms with Crippen LogP contribution in [0.5, 0.6) is 11.5 Å². The van der Waals surface area contributed by atoms with Crippen LogP contribution >= 0.6 is 11.6 Å². The lowest BCUT2D eigenvalue weighted by molar-refractivity contribution is -0.137. The predicted octanol–water partition coefficient (Wildman–Crippen LogP) is 6.39. The number of rotatable bonds is 32. The van der Waals surface area contributed by atoms with Crippen LogP contribution < -0.4 is 36.6 Å². The number of pyridine rings is 1. The second kappa shape index (κ2) is 33.4. The monoisotopic (exact) mass is 1320 g/mol. The molecule has 0 aliphatic carbocycles. The summed E-state index contributed by atoms with van der Waals surface area (Å²) in [6.45, 7) is 3.05. The third-order valence-electron chi connectivity index (χ3n) is 15.4. The molecule has 0 spiro atoms. The number of nitrogens with zero attached hydrogens (tertiary/aromatic N) is 5. The summed E-state index contributed by atoms with van der Waals surface area (Å²) in [5.41, 5.74) is 8.44. The Morgan fingerprint density at radius 2 is 1.55 bits per heavy atom. The smallest absolute Gasteiger partial charge is 0.415 e. The van der Waals surface area contributed by atoms with E-state index in [2.05, 4.69) is 31.2 Å². The van der Waals surface area contributed by atoms with Gasteiger partial charge in [-0.2, -0.15) is 0 Å². The Kier molecular flexibility index (Phi) is 24.8. The summed E-state index contributed by atoms with van der Waals surface area (Å²) >= 11 is 6.60. The molecule has 3 atom stereocenters. The topological polar surface area (TPSA) is 373 Å². The molecule has 8 rings (SSSR count). The number of aliphatic hydroxyl groups excluding tert-OH is 1. The van der Waals surface area contributed by atoms with Gasteiger partial charge in [0.15, 0.2) is 5.78 Å². The van der Waals surface area contributed by atoms with Crippen molar-refractivity contribution in [1.29, 1.82) is 0 Å². The Morgan fingerprint density at radius 3 is 2.26 bits per heavy atom. The number of hydrogen-bond acceptors (Lipinski definition) is 18. The minimum atomic E-state index is -1.04. The van der Waals surface area contributed by atoms with E-state index in [9.17, 15) is 58.2 Å². The Bertz CT molecular complexity index is 3750. The molecule has 0 saturated heterocycles. The van der Waals surface area contributed by atoms with Crippen molar-refractivity contribution in [3.8, 4) is 11.5 Å². The number of aromatic hydroxyl groups is 1. The van der Waals surface area contributed by atoms with E-state index in [0.29, 0.717) is 44.2 Å². The first kappa shape index (κ1) is 69.7. The van der Waals surface area contributed by atoms with E-state index in [-0.39, 0.29) is 140 Å². The normalized spacial score (nSPS) is 14.0. The number of amides is 10. The number of nitrogens with two attached hydrogens (primary N) is 1. The number of nitrogens with one attached hydrogen (secondary N) is 5. The van der Waals surface area contributed by atoms with Gasteiger partial charge >= 0.3 is 24.3 Å². The van der Waals surface area contributed by atoms with Gasteiger partial charge < -0.3 is 80.6 Å². The first-order valence-corrected chi connectivity index (χ1v) is 30.8. The number of phenols is 1. The maximum absolute atomic E-state index is 14.5. The molecule has 0 unspecified atom stereocenters. The number of urea groups is 1. The third-order valence-corrected chi connectivity index (χ3v) is 15.8. The number of carbonyl (C=O) groups excluding carboxylic acids is 10. The first-order valence-electron chi connectivity index (χ1n) is 30.3. The molecule has 0 bridgehead atoms. The van der Waals surface area contributed by atoms with Crippen LogP contribution in [0.4, 0.5) is 36.4 Å². The molecule has 94 heavy (non-hydrogen) atoms. The predicted molar refractivity (Wildman–Crippen MR) is 344 cm³/mol. The van der Waals surface area contributed by atoms with Gasteiger partial charge in [0.2, 0.25) is 5.91 Å². The van der Waals surface area contributed by atoms with Gasteiger partial charge in [-0.3, -0.25) is 33.7 Å². The molecule has 6 aromatic rings. The zero-order chi connectivity index (χ0) is 67.4. The van der Waals surface area contributed by atoms with Crippen LogP contribution in [0.1, 0.15) is 71.0 Å². The second-order valence-corrected chi connectivity index (χ2v) is 22.7. The summed E-state index contributed by atoms with van der Waals surface area (Å²) in [4.78, 5) is 143. The van der Waals surface area contributed by atoms with E-state index in [1.165, 1.54) is 47.3 Å². The fourth-order valence-corrected chi connectivity index (χ4v) is 10.7. The van der Waals surface area contributed by atoms with E-state index >= 15 is 0 Å². The highest BCUT2D eigenvalue weighted by molar-refractivity contribution is 6.19. The molecular formula is C65H74ClN11O17. The quantitative estimate of drug-likeness (QED) is 0.0129. The molecule has 0 radical (unpaired) electrons. The molecule has 10 amide bonds. The van der Waals surface area contributed by atoms with Crippen molar-refractivity contribution < 1.29 is 81.8 Å². The summed E-state index contributed by atoms with van der Waals surface area (Å²) in [5.74, 6) is -3.79. The fraction of sp³-hybridized carbons (Fsp3) is 0.369. The van der Waals surface area contributed by atoms with E-state index < -0.39 is 77.5 Å². The number of anilines is 3. The van der Waals surface area contributed by atoms with E-state index in [4.69, 9.17) is 41.0 Å². The van der Waals surface area contributed by atoms with Crippen molar-refractivity contribution in [2.45, 2.75) is 51.7 Å². The number of phenolic OH excluding ortho intramolecular Hbond substituents is 1. The van der Waals surface area contributed by atoms with Gasteiger partial charge in [-0.05, 0) is 83.8 Å². The zero-order valence-corrected chi connectivity index (χ0v) is 52.7. The Hall–Kier alpha value is -10.2. The molecule has 2 aromatic heterocycles. The standard InChI is InChI=1S/C65H74ClN11O17/c1-39(2)58(73-63(87)92-30-29-91-27-24-76-55(81)18-19-56(76)82)52(80)32-42(7-6-20-68-62(67)86)60(84)70-45-14-10-40(11-15-45)38-93-64(88)74(3)21-22-75(23-26-90-28-25-78)65(89)94-53-34-51-57(48-9-5-4-8-47(48)53)44(35-66)37-77(51)61(85)49-31-43-33-54(69-36-50(43)71-49)72-59(83)41-12-16-46(79)17-13-41/h4-5,8-19,31,33-34,36,39,42,44,58,71,78-79H,6-7,20-30,32,35,37-38H2,1-3H3,(H,70,84)(H,73,87)(H3,67,68,86)(H,69,72,83)/t42-,44-,58+/m1/s1. The number of alkyl carbamates (subject to hydrolysis) is 1. The number of aliphatic hydroxyl groups is 1. The lowest BCUT2D eigenvalue weighted by Crippen LogP contribution is -2.46. The molecule has 2 aliphatic heterocycles. The summed E-state index contributed by atoms with van der Waals surface area (Å²) in [7, 11) is 1.49. The van der Waals surface area contributed by atoms with Crippen molar-refractivity contribution in [3.05, 3.63) is 132 Å². The van der Waals surface area contributed by atoms with Crippen molar-refractivity contribution in [2.24, 2.45) is 17.6 Å². The molecule has 498 valence electrons. The number of benzene rings is 4. The summed E-state index contributed by atoms with van der Waals surface area (Å²) in [6, 6.07) is 22.5. The van der Waals surface area contributed by atoms with Gasteiger partial charge in [0.1, 0.15) is 36.2 Å². The number of imide groups is 1. The van der Waals surface area contributed by atoms with Crippen molar-refractivity contribution in [2.75, 3.05) is 107 Å². The number of aromatic amines is 1. The van der Waals surface area contributed by atoms with Crippen LogP contribution in [-0.4, -0.2) is 192 Å². The number of primary amides is 1. The number of halogens is 1. The number of ether oxygens (including phenoxy) is 5. The molecule has 0 saturated carbocycles. The third kappa shape index (κ3) is 18.8. The van der Waals surface area contributed by atoms with Crippen molar-refractivity contribution in [1.82, 2.24) is 35.3 Å². The SMILES string of the molecule is CC(C)[C@H](NC(=O)OCCOCCN1C(=O)C=CC1=O)C(=O)C[C@@H](CCCNC(N)=O)C(=O)Nc1ccc(COC(=O)N(C)CCN(CCOCCO)C(=O)Oc2cc3c(c4ccccc24)[C@H](CCl)CN3C(=O)c2cc3cc(NC(=O)c4ccc(O)cc4)ncc3[nH]2)cc1. The van der Waals surface area contributed by atoms with Gasteiger partial charge in [0.25, 0.3) is 23.6 Å². The highest BCUT2D eigenvalue weighted by Crippen LogP contribution is 2.46. The number of Topliss-reactive ketones (excluding diaryl/α,β-unsaturated/α-hetero) is 1. The lowest BCUT2D eigenvalue weighted by Gasteiger charge is -2.25. The summed E-state index contributed by atoms with van der Waals surface area (Å²) < 4.78 is 27.9. The average molecular weight is 1320 g/mol. The van der Waals surface area contributed by atoms with Crippen LogP contribution in [0.3, 0.4) is 0 Å². The number of alkyl halides is 1. The second-order valence-electron chi connectivity index (χ2n) is 22.4.